The van der Waals surface area contributed by atoms with Gasteiger partial charge in [0.25, 0.3) is 0 Å². The monoisotopic (exact) mass is 519 g/mol. The van der Waals surface area contributed by atoms with Gasteiger partial charge in [-0.2, -0.15) is 0 Å². The van der Waals surface area contributed by atoms with Gasteiger partial charge in [-0.1, -0.05) is 19.9 Å². The minimum absolute atomic E-state index is 0.00756. The molecule has 0 atom stereocenters. The number of benzene rings is 2. The molecule has 1 aromatic heterocycles. The number of aromatic nitrogens is 1. The lowest BCUT2D eigenvalue weighted by molar-refractivity contribution is 0.0534. The Morgan fingerprint density at radius 2 is 1.63 bits per heavy atom. The molecule has 0 radical (unpaired) electrons. The van der Waals surface area contributed by atoms with E-state index in [2.05, 4.69) is 59.8 Å². The van der Waals surface area contributed by atoms with Crippen molar-refractivity contribution in [2.75, 3.05) is 53.6 Å². The lowest BCUT2D eigenvalue weighted by Crippen LogP contribution is -2.49. The van der Waals surface area contributed by atoms with E-state index in [4.69, 9.17) is 9.47 Å². The first-order valence-corrected chi connectivity index (χ1v) is 14.2. The van der Waals surface area contributed by atoms with E-state index < -0.39 is 0 Å². The zero-order valence-corrected chi connectivity index (χ0v) is 23.8. The highest BCUT2D eigenvalue weighted by molar-refractivity contribution is 5.91. The van der Waals surface area contributed by atoms with Gasteiger partial charge in [0.15, 0.2) is 11.5 Å². The van der Waals surface area contributed by atoms with Gasteiger partial charge in [0.05, 0.1) is 14.2 Å². The maximum atomic E-state index is 9.62. The first-order valence-electron chi connectivity index (χ1n) is 14.2. The molecule has 0 saturated carbocycles. The zero-order valence-electron chi connectivity index (χ0n) is 23.8. The number of hydrogen-bond donors (Lipinski definition) is 2. The summed E-state index contributed by atoms with van der Waals surface area (Å²) in [5.41, 5.74) is 6.18. The molecule has 3 aromatic rings. The highest BCUT2D eigenvalue weighted by Gasteiger charge is 2.30. The molecule has 0 unspecified atom stereocenters. The molecule has 2 aromatic carbocycles. The van der Waals surface area contributed by atoms with Crippen LogP contribution in [0.1, 0.15) is 56.6 Å². The number of ether oxygens (including phenoxy) is 2. The van der Waals surface area contributed by atoms with E-state index in [1.54, 1.807) is 14.2 Å². The molecule has 0 spiro atoms. The second-order valence-electron chi connectivity index (χ2n) is 12.1. The summed E-state index contributed by atoms with van der Waals surface area (Å²) in [6.45, 7) is 12.5. The Kier molecular flexibility index (Phi) is 8.03. The van der Waals surface area contributed by atoms with Crippen LogP contribution in [0.15, 0.2) is 36.4 Å². The SMILES string of the molecule is COc1ccc(-c2[nH]c3ccc(C4CCN(C5CCN(CC(C)(C)CO)CC5)CC4)cc3c2C)cc1OC. The van der Waals surface area contributed by atoms with Gasteiger partial charge in [-0.05, 0) is 106 Å². The molecule has 3 heterocycles. The normalized spacial score (nSPS) is 18.8. The van der Waals surface area contributed by atoms with E-state index in [9.17, 15) is 5.11 Å². The van der Waals surface area contributed by atoms with Crippen LogP contribution in [0.4, 0.5) is 0 Å². The van der Waals surface area contributed by atoms with E-state index in [0.717, 1.165) is 42.4 Å². The van der Waals surface area contributed by atoms with Crippen molar-refractivity contribution in [2.45, 2.75) is 58.4 Å². The summed E-state index contributed by atoms with van der Waals surface area (Å²) >= 11 is 0. The van der Waals surface area contributed by atoms with Crippen molar-refractivity contribution in [1.82, 2.24) is 14.8 Å². The van der Waals surface area contributed by atoms with E-state index in [0.29, 0.717) is 12.0 Å². The van der Waals surface area contributed by atoms with E-state index in [-0.39, 0.29) is 12.0 Å². The third-order valence-corrected chi connectivity index (χ3v) is 8.91. The molecule has 6 heteroatoms. The number of hydrogen-bond acceptors (Lipinski definition) is 5. The van der Waals surface area contributed by atoms with Gasteiger partial charge in [-0.25, -0.2) is 0 Å². The van der Waals surface area contributed by atoms with Crippen LogP contribution >= 0.6 is 0 Å². The van der Waals surface area contributed by atoms with Crippen LogP contribution in [0.3, 0.4) is 0 Å². The molecule has 2 N–H and O–H groups in total. The number of aliphatic hydroxyl groups is 1. The number of aromatic amines is 1. The molecular weight excluding hydrogens is 474 g/mol. The van der Waals surface area contributed by atoms with Crippen molar-refractivity contribution in [3.05, 3.63) is 47.5 Å². The van der Waals surface area contributed by atoms with Gasteiger partial charge >= 0.3 is 0 Å². The van der Waals surface area contributed by atoms with Crippen LogP contribution in [0.25, 0.3) is 22.2 Å². The third-order valence-electron chi connectivity index (χ3n) is 8.91. The van der Waals surface area contributed by atoms with Crippen LogP contribution in [-0.2, 0) is 0 Å². The fourth-order valence-corrected chi connectivity index (χ4v) is 6.57. The maximum absolute atomic E-state index is 9.62. The average Bonchev–Trinajstić information content (AvgIpc) is 3.28. The van der Waals surface area contributed by atoms with Crippen molar-refractivity contribution in [2.24, 2.45) is 5.41 Å². The average molecular weight is 520 g/mol. The smallest absolute Gasteiger partial charge is 0.161 e. The number of aliphatic hydroxyl groups excluding tert-OH is 1. The predicted molar refractivity (Wildman–Crippen MR) is 155 cm³/mol. The number of nitrogens with one attached hydrogen (secondary N) is 1. The minimum atomic E-state index is -0.00756. The van der Waals surface area contributed by atoms with Crippen molar-refractivity contribution in [3.63, 3.8) is 0 Å². The molecule has 2 aliphatic rings. The lowest BCUT2D eigenvalue weighted by atomic mass is 9.87. The van der Waals surface area contributed by atoms with Crippen molar-refractivity contribution in [1.29, 1.82) is 0 Å². The Bertz CT molecular complexity index is 1230. The molecule has 0 bridgehead atoms. The highest BCUT2D eigenvalue weighted by Crippen LogP contribution is 2.38. The summed E-state index contributed by atoms with van der Waals surface area (Å²) in [6.07, 6.45) is 4.96. The first kappa shape index (κ1) is 27.0. The largest absolute Gasteiger partial charge is 0.493 e. The Morgan fingerprint density at radius 1 is 0.921 bits per heavy atom. The molecule has 5 rings (SSSR count). The summed E-state index contributed by atoms with van der Waals surface area (Å²) in [4.78, 5) is 8.94. The lowest BCUT2D eigenvalue weighted by Gasteiger charge is -2.43. The Balaban J connectivity index is 1.23. The topological polar surface area (TPSA) is 61.0 Å². The molecular formula is C32H45N3O3. The van der Waals surface area contributed by atoms with E-state index in [1.165, 1.54) is 60.8 Å². The second-order valence-corrected chi connectivity index (χ2v) is 12.1. The maximum Gasteiger partial charge on any atom is 0.161 e. The molecule has 0 aliphatic carbocycles. The number of rotatable bonds is 8. The van der Waals surface area contributed by atoms with E-state index >= 15 is 0 Å². The standard InChI is InChI=1S/C32H45N3O3/c1-22-27-18-24(6-8-28(27)33-31(22)25-7-9-29(37-4)30(19-25)38-5)23-10-16-35(17-11-23)26-12-14-34(15-13-26)20-32(2,3)21-36/h6-9,18-19,23,26,33,36H,10-17,20-21H2,1-5H3. The van der Waals surface area contributed by atoms with Gasteiger partial charge < -0.3 is 29.4 Å². The number of piperidine rings is 2. The predicted octanol–water partition coefficient (Wildman–Crippen LogP) is 5.82. The van der Waals surface area contributed by atoms with Crippen molar-refractivity contribution >= 4 is 10.9 Å². The van der Waals surface area contributed by atoms with Crippen LogP contribution in [0.2, 0.25) is 0 Å². The van der Waals surface area contributed by atoms with E-state index in [1.807, 2.05) is 12.1 Å². The van der Waals surface area contributed by atoms with Crippen LogP contribution < -0.4 is 9.47 Å². The summed E-state index contributed by atoms with van der Waals surface area (Å²) in [5.74, 6) is 2.12. The molecule has 38 heavy (non-hydrogen) atoms. The number of H-pyrrole nitrogens is 1. The summed E-state index contributed by atoms with van der Waals surface area (Å²) in [5, 5.41) is 10.9. The first-order chi connectivity index (χ1) is 18.3. The fraction of sp³-hybridized carbons (Fsp3) is 0.562. The summed E-state index contributed by atoms with van der Waals surface area (Å²) in [6, 6.07) is 13.8. The highest BCUT2D eigenvalue weighted by atomic mass is 16.5. The van der Waals surface area contributed by atoms with Gasteiger partial charge in [0.2, 0.25) is 0 Å². The summed E-state index contributed by atoms with van der Waals surface area (Å²) in [7, 11) is 3.35. The molecule has 2 saturated heterocycles. The molecule has 2 aliphatic heterocycles. The van der Waals surface area contributed by atoms with Crippen molar-refractivity contribution in [3.8, 4) is 22.8 Å². The number of aryl methyl sites for hydroxylation is 1. The quantitative estimate of drug-likeness (QED) is 0.393. The third kappa shape index (κ3) is 5.58. The number of fused-ring (bicyclic) bond motifs is 1. The molecule has 2 fully saturated rings. The number of likely N-dealkylation sites (tertiary alicyclic amines) is 2. The van der Waals surface area contributed by atoms with Crippen LogP contribution in [0, 0.1) is 12.3 Å². The molecule has 6 nitrogen and oxygen atoms in total. The number of nitrogens with zero attached hydrogens (tertiary/aromatic N) is 2. The Labute approximate surface area is 227 Å². The number of methoxy groups -OCH3 is 2. The van der Waals surface area contributed by atoms with Gasteiger partial charge in [0.1, 0.15) is 0 Å². The molecule has 206 valence electrons. The van der Waals surface area contributed by atoms with Crippen LogP contribution in [-0.4, -0.2) is 79.5 Å². The van der Waals surface area contributed by atoms with Crippen molar-refractivity contribution < 1.29 is 14.6 Å². The van der Waals surface area contributed by atoms with Gasteiger partial charge in [0, 0.05) is 46.8 Å². The van der Waals surface area contributed by atoms with Gasteiger partial charge in [-0.15, -0.1) is 0 Å². The summed E-state index contributed by atoms with van der Waals surface area (Å²) < 4.78 is 11.0. The zero-order chi connectivity index (χ0) is 26.9. The Hall–Kier alpha value is -2.54. The van der Waals surface area contributed by atoms with Crippen LogP contribution in [0.5, 0.6) is 11.5 Å². The fourth-order valence-electron chi connectivity index (χ4n) is 6.57. The molecule has 0 amide bonds. The van der Waals surface area contributed by atoms with Gasteiger partial charge in [-0.3, -0.25) is 0 Å². The Morgan fingerprint density at radius 3 is 2.29 bits per heavy atom. The second kappa shape index (κ2) is 11.3. The minimum Gasteiger partial charge on any atom is -0.493 e.